The van der Waals surface area contributed by atoms with Gasteiger partial charge in [-0.05, 0) is 31.5 Å². The molecule has 0 saturated heterocycles. The number of nitrogens with one attached hydrogen (secondary N) is 1. The molecule has 0 radical (unpaired) electrons. The SMILES string of the molecule is CC1NCCc2c1ccc(O)c2O. The van der Waals surface area contributed by atoms with Gasteiger partial charge in [-0.3, -0.25) is 0 Å². The van der Waals surface area contributed by atoms with Gasteiger partial charge in [-0.15, -0.1) is 0 Å². The zero-order chi connectivity index (χ0) is 9.42. The standard InChI is InChI=1S/C10H13NO2/c1-6-7-2-3-9(12)10(13)8(7)4-5-11-6/h2-3,6,11-13H,4-5H2,1H3. The number of rotatable bonds is 0. The van der Waals surface area contributed by atoms with Crippen LogP contribution in [0.1, 0.15) is 24.1 Å². The van der Waals surface area contributed by atoms with Crippen molar-refractivity contribution in [1.29, 1.82) is 0 Å². The number of phenols is 2. The fraction of sp³-hybridized carbons (Fsp3) is 0.400. The maximum atomic E-state index is 9.58. The number of fused-ring (bicyclic) bond motifs is 1. The van der Waals surface area contributed by atoms with Crippen LogP contribution >= 0.6 is 0 Å². The predicted octanol–water partition coefficient (Wildman–Crippen LogP) is 1.30. The summed E-state index contributed by atoms with van der Waals surface area (Å²) in [5, 5.41) is 22.2. The summed E-state index contributed by atoms with van der Waals surface area (Å²) < 4.78 is 0. The summed E-state index contributed by atoms with van der Waals surface area (Å²) in [6, 6.07) is 3.66. The summed E-state index contributed by atoms with van der Waals surface area (Å²) >= 11 is 0. The van der Waals surface area contributed by atoms with Crippen molar-refractivity contribution in [2.75, 3.05) is 6.54 Å². The fourth-order valence-electron chi connectivity index (χ4n) is 1.83. The van der Waals surface area contributed by atoms with Crippen LogP contribution in [0, 0.1) is 0 Å². The molecule has 0 fully saturated rings. The van der Waals surface area contributed by atoms with Gasteiger partial charge in [-0.1, -0.05) is 6.07 Å². The van der Waals surface area contributed by atoms with Crippen LogP contribution in [-0.2, 0) is 6.42 Å². The zero-order valence-electron chi connectivity index (χ0n) is 7.54. The lowest BCUT2D eigenvalue weighted by atomic mass is 9.94. The molecule has 1 aromatic carbocycles. The van der Waals surface area contributed by atoms with Crippen LogP contribution in [0.5, 0.6) is 11.5 Å². The van der Waals surface area contributed by atoms with E-state index in [0.717, 1.165) is 24.1 Å². The summed E-state index contributed by atoms with van der Waals surface area (Å²) in [6.07, 6.45) is 0.778. The minimum Gasteiger partial charge on any atom is -0.504 e. The molecular weight excluding hydrogens is 166 g/mol. The molecule has 0 amide bonds. The van der Waals surface area contributed by atoms with Crippen molar-refractivity contribution in [3.8, 4) is 11.5 Å². The monoisotopic (exact) mass is 179 g/mol. The second-order valence-corrected chi connectivity index (χ2v) is 3.43. The Kier molecular flexibility index (Phi) is 1.88. The molecule has 3 heteroatoms. The molecule has 1 aliphatic heterocycles. The van der Waals surface area contributed by atoms with Gasteiger partial charge in [-0.2, -0.15) is 0 Å². The Hall–Kier alpha value is -1.22. The van der Waals surface area contributed by atoms with Crippen molar-refractivity contribution in [2.24, 2.45) is 0 Å². The Morgan fingerprint density at radius 3 is 2.92 bits per heavy atom. The van der Waals surface area contributed by atoms with Crippen molar-refractivity contribution in [1.82, 2.24) is 5.32 Å². The Morgan fingerprint density at radius 1 is 1.38 bits per heavy atom. The van der Waals surface area contributed by atoms with Gasteiger partial charge in [0.05, 0.1) is 0 Å². The van der Waals surface area contributed by atoms with Gasteiger partial charge in [0.15, 0.2) is 11.5 Å². The smallest absolute Gasteiger partial charge is 0.161 e. The van der Waals surface area contributed by atoms with Gasteiger partial charge in [0.1, 0.15) is 0 Å². The molecular formula is C10H13NO2. The minimum absolute atomic E-state index is 0.0205. The normalized spacial score (nSPS) is 21.2. The van der Waals surface area contributed by atoms with Crippen LogP contribution in [0.15, 0.2) is 12.1 Å². The highest BCUT2D eigenvalue weighted by Crippen LogP contribution is 2.35. The largest absolute Gasteiger partial charge is 0.504 e. The van der Waals surface area contributed by atoms with Crippen LogP contribution in [0.4, 0.5) is 0 Å². The first-order valence-electron chi connectivity index (χ1n) is 4.47. The maximum Gasteiger partial charge on any atom is 0.161 e. The summed E-state index contributed by atoms with van der Waals surface area (Å²) in [4.78, 5) is 0. The topological polar surface area (TPSA) is 52.5 Å². The maximum absolute atomic E-state index is 9.58. The van der Waals surface area contributed by atoms with E-state index in [1.165, 1.54) is 6.07 Å². The van der Waals surface area contributed by atoms with Gasteiger partial charge in [0, 0.05) is 11.6 Å². The van der Waals surface area contributed by atoms with Crippen LogP contribution in [0.3, 0.4) is 0 Å². The average Bonchev–Trinajstić information content (AvgIpc) is 2.12. The van der Waals surface area contributed by atoms with E-state index in [9.17, 15) is 10.2 Å². The van der Waals surface area contributed by atoms with Crippen LogP contribution in [0.25, 0.3) is 0 Å². The lowest BCUT2D eigenvalue weighted by molar-refractivity contribution is 0.392. The van der Waals surface area contributed by atoms with E-state index in [1.807, 2.05) is 6.07 Å². The molecule has 3 N–H and O–H groups in total. The summed E-state index contributed by atoms with van der Waals surface area (Å²) in [5.74, 6) is 0.0266. The van der Waals surface area contributed by atoms with E-state index < -0.39 is 0 Å². The molecule has 0 aliphatic carbocycles. The molecule has 1 unspecified atom stereocenters. The Labute approximate surface area is 77.0 Å². The predicted molar refractivity (Wildman–Crippen MR) is 49.9 cm³/mol. The molecule has 0 spiro atoms. The van der Waals surface area contributed by atoms with E-state index in [1.54, 1.807) is 0 Å². The quantitative estimate of drug-likeness (QED) is 0.526. The summed E-state index contributed by atoms with van der Waals surface area (Å²) in [5.41, 5.74) is 1.97. The number of benzene rings is 1. The fourth-order valence-corrected chi connectivity index (χ4v) is 1.83. The Bertz CT molecular complexity index is 336. The third kappa shape index (κ3) is 1.25. The van der Waals surface area contributed by atoms with Crippen molar-refractivity contribution in [2.45, 2.75) is 19.4 Å². The molecule has 13 heavy (non-hydrogen) atoms. The first kappa shape index (κ1) is 8.38. The molecule has 1 aliphatic rings. The van der Waals surface area contributed by atoms with E-state index >= 15 is 0 Å². The lowest BCUT2D eigenvalue weighted by Gasteiger charge is -2.24. The van der Waals surface area contributed by atoms with Gasteiger partial charge >= 0.3 is 0 Å². The molecule has 70 valence electrons. The van der Waals surface area contributed by atoms with Crippen molar-refractivity contribution < 1.29 is 10.2 Å². The van der Waals surface area contributed by atoms with E-state index in [4.69, 9.17) is 0 Å². The number of hydrogen-bond acceptors (Lipinski definition) is 3. The molecule has 1 heterocycles. The van der Waals surface area contributed by atoms with E-state index in [-0.39, 0.29) is 17.5 Å². The van der Waals surface area contributed by atoms with Crippen LogP contribution < -0.4 is 5.32 Å². The van der Waals surface area contributed by atoms with Crippen LogP contribution in [0.2, 0.25) is 0 Å². The average molecular weight is 179 g/mol. The molecule has 0 saturated carbocycles. The molecule has 2 rings (SSSR count). The van der Waals surface area contributed by atoms with Gasteiger partial charge < -0.3 is 15.5 Å². The highest BCUT2D eigenvalue weighted by atomic mass is 16.3. The number of phenolic OH excluding ortho intramolecular Hbond substituents is 2. The Morgan fingerprint density at radius 2 is 2.15 bits per heavy atom. The number of hydrogen-bond donors (Lipinski definition) is 3. The highest BCUT2D eigenvalue weighted by Gasteiger charge is 2.19. The summed E-state index contributed by atoms with van der Waals surface area (Å²) in [6.45, 7) is 2.90. The minimum atomic E-state index is -0.0205. The van der Waals surface area contributed by atoms with Gasteiger partial charge in [0.2, 0.25) is 0 Å². The van der Waals surface area contributed by atoms with Crippen molar-refractivity contribution in [3.05, 3.63) is 23.3 Å². The van der Waals surface area contributed by atoms with Crippen molar-refractivity contribution in [3.63, 3.8) is 0 Å². The summed E-state index contributed by atoms with van der Waals surface area (Å²) in [7, 11) is 0. The van der Waals surface area contributed by atoms with Crippen LogP contribution in [-0.4, -0.2) is 16.8 Å². The lowest BCUT2D eigenvalue weighted by Crippen LogP contribution is -2.27. The first-order valence-corrected chi connectivity index (χ1v) is 4.47. The molecule has 1 aromatic rings. The second kappa shape index (κ2) is 2.92. The molecule has 0 aromatic heterocycles. The zero-order valence-corrected chi connectivity index (χ0v) is 7.54. The second-order valence-electron chi connectivity index (χ2n) is 3.43. The van der Waals surface area contributed by atoms with E-state index in [0.29, 0.717) is 0 Å². The van der Waals surface area contributed by atoms with E-state index in [2.05, 4.69) is 12.2 Å². The highest BCUT2D eigenvalue weighted by molar-refractivity contribution is 5.50. The molecule has 1 atom stereocenters. The number of aromatic hydroxyl groups is 2. The molecule has 0 bridgehead atoms. The first-order chi connectivity index (χ1) is 6.20. The third-order valence-electron chi connectivity index (χ3n) is 2.59. The van der Waals surface area contributed by atoms with Gasteiger partial charge in [-0.25, -0.2) is 0 Å². The third-order valence-corrected chi connectivity index (χ3v) is 2.59. The molecule has 3 nitrogen and oxygen atoms in total. The Balaban J connectivity index is 2.56. The van der Waals surface area contributed by atoms with Crippen molar-refractivity contribution >= 4 is 0 Å². The van der Waals surface area contributed by atoms with Gasteiger partial charge in [0.25, 0.3) is 0 Å².